The van der Waals surface area contributed by atoms with Gasteiger partial charge in [0.05, 0.1) is 5.02 Å². The summed E-state index contributed by atoms with van der Waals surface area (Å²) in [7, 11) is 0. The first-order valence-electron chi connectivity index (χ1n) is 7.36. The Bertz CT molecular complexity index is 1210. The lowest BCUT2D eigenvalue weighted by Crippen LogP contribution is -1.90. The van der Waals surface area contributed by atoms with Crippen molar-refractivity contribution in [2.45, 2.75) is 0 Å². The summed E-state index contributed by atoms with van der Waals surface area (Å²) >= 11 is 13.7. The van der Waals surface area contributed by atoms with Crippen molar-refractivity contribution >= 4 is 50.5 Å². The maximum Gasteiger partial charge on any atom is 0.235 e. The third-order valence-electron chi connectivity index (χ3n) is 3.80. The van der Waals surface area contributed by atoms with Crippen LogP contribution in [0.3, 0.4) is 0 Å². The Morgan fingerprint density at radius 2 is 1.88 bits per heavy atom. The Labute approximate surface area is 155 Å². The molecule has 0 radical (unpaired) electrons. The second-order valence-corrected chi connectivity index (χ2v) is 7.20. The van der Waals surface area contributed by atoms with Crippen LogP contribution in [0, 0.1) is 0 Å². The summed E-state index contributed by atoms with van der Waals surface area (Å²) in [6.45, 7) is 0. The van der Waals surface area contributed by atoms with E-state index in [0.29, 0.717) is 26.6 Å². The van der Waals surface area contributed by atoms with Gasteiger partial charge in [0.1, 0.15) is 10.6 Å². The fourth-order valence-corrected chi connectivity index (χ4v) is 4.07. The molecule has 25 heavy (non-hydrogen) atoms. The largest absolute Gasteiger partial charge is 0.453 e. The van der Waals surface area contributed by atoms with Crippen LogP contribution in [-0.4, -0.2) is 19.8 Å². The number of nitrogens with zero attached hydrogens (tertiary/aromatic N) is 4. The number of hydrogen-bond donors (Lipinski definition) is 0. The molecule has 0 unspecified atom stereocenters. The summed E-state index contributed by atoms with van der Waals surface area (Å²) in [6, 6.07) is 15.0. The van der Waals surface area contributed by atoms with Gasteiger partial charge in [0.2, 0.25) is 10.8 Å². The Kier molecular flexibility index (Phi) is 3.31. The fraction of sp³-hybridized carbons (Fsp3) is 0. The monoisotopic (exact) mass is 386 g/mol. The average molecular weight is 387 g/mol. The molecule has 0 saturated heterocycles. The van der Waals surface area contributed by atoms with Crippen LogP contribution in [0.1, 0.15) is 0 Å². The molecule has 0 atom stereocenters. The van der Waals surface area contributed by atoms with Crippen LogP contribution in [0.15, 0.2) is 52.9 Å². The number of fused-ring (bicyclic) bond motifs is 2. The predicted molar refractivity (Wildman–Crippen MR) is 99.3 cm³/mol. The highest BCUT2D eigenvalue weighted by atomic mass is 35.5. The Hall–Kier alpha value is -2.41. The van der Waals surface area contributed by atoms with Gasteiger partial charge in [-0.1, -0.05) is 52.7 Å². The molecule has 0 fully saturated rings. The van der Waals surface area contributed by atoms with Gasteiger partial charge in [-0.05, 0) is 30.3 Å². The minimum absolute atomic E-state index is 0.544. The smallest absolute Gasteiger partial charge is 0.235 e. The van der Waals surface area contributed by atoms with Gasteiger partial charge >= 0.3 is 0 Å². The van der Waals surface area contributed by atoms with Crippen molar-refractivity contribution in [3.8, 4) is 22.2 Å². The number of aromatic nitrogens is 4. The van der Waals surface area contributed by atoms with Crippen LogP contribution < -0.4 is 0 Å². The predicted octanol–water partition coefficient (Wildman–Crippen LogP) is 5.57. The van der Waals surface area contributed by atoms with Crippen molar-refractivity contribution in [1.29, 1.82) is 0 Å². The first-order valence-corrected chi connectivity index (χ1v) is 8.93. The maximum atomic E-state index is 6.29. The second-order valence-electron chi connectivity index (χ2n) is 5.40. The molecule has 0 aliphatic rings. The molecule has 0 N–H and O–H groups in total. The number of halogens is 2. The minimum atomic E-state index is 0.544. The molecule has 0 aliphatic carbocycles. The van der Waals surface area contributed by atoms with Gasteiger partial charge < -0.3 is 4.42 Å². The lowest BCUT2D eigenvalue weighted by atomic mass is 10.2. The molecule has 8 heteroatoms. The number of benzene rings is 2. The van der Waals surface area contributed by atoms with Crippen LogP contribution >= 0.6 is 34.5 Å². The van der Waals surface area contributed by atoms with Gasteiger partial charge in [0, 0.05) is 16.0 Å². The molecule has 5 nitrogen and oxygen atoms in total. The Morgan fingerprint density at radius 3 is 2.72 bits per heavy atom. The zero-order valence-corrected chi connectivity index (χ0v) is 14.8. The van der Waals surface area contributed by atoms with Crippen molar-refractivity contribution in [1.82, 2.24) is 19.8 Å². The second kappa shape index (κ2) is 5.56. The molecule has 0 spiro atoms. The summed E-state index contributed by atoms with van der Waals surface area (Å²) < 4.78 is 7.54. The molecule has 0 bridgehead atoms. The molecule has 3 aromatic heterocycles. The third kappa shape index (κ3) is 2.41. The lowest BCUT2D eigenvalue weighted by Gasteiger charge is -1.99. The summed E-state index contributed by atoms with van der Waals surface area (Å²) in [6.07, 6.45) is 0. The standard InChI is InChI=1S/C17H8Cl2N4OS/c18-10-5-6-11(12(19)8-10)16-22-23-15(20-21-17(23)25-16)14-7-9-3-1-2-4-13(9)24-14/h1-8H. The van der Waals surface area contributed by atoms with E-state index in [0.717, 1.165) is 21.5 Å². The maximum absolute atomic E-state index is 6.29. The normalized spacial score (nSPS) is 11.6. The highest BCUT2D eigenvalue weighted by Crippen LogP contribution is 2.34. The summed E-state index contributed by atoms with van der Waals surface area (Å²) in [5.74, 6) is 1.17. The van der Waals surface area contributed by atoms with E-state index in [9.17, 15) is 0 Å². The van der Waals surface area contributed by atoms with E-state index >= 15 is 0 Å². The molecule has 122 valence electrons. The fourth-order valence-electron chi connectivity index (χ4n) is 2.63. The first-order chi connectivity index (χ1) is 12.2. The van der Waals surface area contributed by atoms with E-state index in [1.807, 2.05) is 36.4 Å². The molecule has 2 aromatic carbocycles. The highest BCUT2D eigenvalue weighted by molar-refractivity contribution is 7.19. The number of hydrogen-bond acceptors (Lipinski definition) is 5. The van der Waals surface area contributed by atoms with Gasteiger partial charge in [-0.3, -0.25) is 0 Å². The molecule has 0 saturated carbocycles. The van der Waals surface area contributed by atoms with Gasteiger partial charge in [0.25, 0.3) is 0 Å². The summed E-state index contributed by atoms with van der Waals surface area (Å²) in [5, 5.41) is 15.9. The molecular formula is C17H8Cl2N4OS. The topological polar surface area (TPSA) is 56.2 Å². The van der Waals surface area contributed by atoms with Crippen LogP contribution in [-0.2, 0) is 0 Å². The highest BCUT2D eigenvalue weighted by Gasteiger charge is 2.18. The van der Waals surface area contributed by atoms with E-state index < -0.39 is 0 Å². The van der Waals surface area contributed by atoms with Crippen LogP contribution in [0.5, 0.6) is 0 Å². The zero-order valence-electron chi connectivity index (χ0n) is 12.5. The van der Waals surface area contributed by atoms with E-state index in [1.54, 1.807) is 16.6 Å². The molecule has 0 aliphatic heterocycles. The Morgan fingerprint density at radius 1 is 1.00 bits per heavy atom. The zero-order chi connectivity index (χ0) is 17.0. The van der Waals surface area contributed by atoms with Crippen molar-refractivity contribution in [2.24, 2.45) is 0 Å². The van der Waals surface area contributed by atoms with Crippen molar-refractivity contribution in [3.63, 3.8) is 0 Å². The molecule has 3 heterocycles. The number of rotatable bonds is 2. The average Bonchev–Trinajstić information content (AvgIpc) is 3.27. The van der Waals surface area contributed by atoms with Crippen molar-refractivity contribution in [2.75, 3.05) is 0 Å². The number of furan rings is 1. The summed E-state index contributed by atoms with van der Waals surface area (Å²) in [4.78, 5) is 0.663. The quantitative estimate of drug-likeness (QED) is 0.397. The van der Waals surface area contributed by atoms with Gasteiger partial charge in [0.15, 0.2) is 5.76 Å². The van der Waals surface area contributed by atoms with E-state index in [-0.39, 0.29) is 0 Å². The van der Waals surface area contributed by atoms with Gasteiger partial charge in [-0.25, -0.2) is 0 Å². The molecule has 5 aromatic rings. The lowest BCUT2D eigenvalue weighted by molar-refractivity contribution is 0.622. The molecule has 5 rings (SSSR count). The van der Waals surface area contributed by atoms with E-state index in [4.69, 9.17) is 27.6 Å². The molecule has 0 amide bonds. The van der Waals surface area contributed by atoms with Crippen molar-refractivity contribution < 1.29 is 4.42 Å². The summed E-state index contributed by atoms with van der Waals surface area (Å²) in [5.41, 5.74) is 1.60. The van der Waals surface area contributed by atoms with Crippen LogP contribution in [0.25, 0.3) is 38.1 Å². The Balaban J connectivity index is 1.67. The number of para-hydroxylation sites is 1. The van der Waals surface area contributed by atoms with Crippen LogP contribution in [0.4, 0.5) is 0 Å². The SMILES string of the molecule is Clc1ccc(-c2nn3c(-c4cc5ccccc5o4)nnc3s2)c(Cl)c1. The van der Waals surface area contributed by atoms with Crippen molar-refractivity contribution in [3.05, 3.63) is 58.6 Å². The van der Waals surface area contributed by atoms with Gasteiger partial charge in [-0.15, -0.1) is 10.2 Å². The van der Waals surface area contributed by atoms with Gasteiger partial charge in [-0.2, -0.15) is 9.61 Å². The van der Waals surface area contributed by atoms with Crippen LogP contribution in [0.2, 0.25) is 10.0 Å². The minimum Gasteiger partial charge on any atom is -0.453 e. The first kappa shape index (κ1) is 14.9. The van der Waals surface area contributed by atoms with E-state index in [1.165, 1.54) is 11.3 Å². The molecular weight excluding hydrogens is 379 g/mol. The third-order valence-corrected chi connectivity index (χ3v) is 5.28. The van der Waals surface area contributed by atoms with E-state index in [2.05, 4.69) is 15.3 Å².